The van der Waals surface area contributed by atoms with Crippen molar-refractivity contribution in [3.8, 4) is 0 Å². The number of imide groups is 1. The van der Waals surface area contributed by atoms with Crippen LogP contribution in [0.3, 0.4) is 0 Å². The standard InChI is InChI=1S/C15H21N3O2/c1-11-6-4-5-7-13(11)10-17(3)12(2)14(19)18-9-8-16-15(18)20/h4-7,12H,8-10H2,1-3H3,(H,16,20)/p+1/t12-/m1/s1. The Morgan fingerprint density at radius 2 is 2.15 bits per heavy atom. The van der Waals surface area contributed by atoms with Gasteiger partial charge in [0.05, 0.1) is 7.05 Å². The minimum atomic E-state index is -0.273. The Kier molecular flexibility index (Phi) is 4.39. The second kappa shape index (κ2) is 6.05. The highest BCUT2D eigenvalue weighted by Gasteiger charge is 2.33. The number of aryl methyl sites for hydroxylation is 1. The number of amides is 3. The second-order valence-electron chi connectivity index (χ2n) is 5.39. The largest absolute Gasteiger partial charge is 0.336 e. The quantitative estimate of drug-likeness (QED) is 0.810. The summed E-state index contributed by atoms with van der Waals surface area (Å²) in [5, 5.41) is 2.66. The van der Waals surface area contributed by atoms with Crippen LogP contribution in [-0.4, -0.2) is 43.0 Å². The van der Waals surface area contributed by atoms with Gasteiger partial charge in [0.2, 0.25) is 0 Å². The van der Waals surface area contributed by atoms with E-state index in [1.165, 1.54) is 16.0 Å². The van der Waals surface area contributed by atoms with E-state index in [0.717, 1.165) is 11.4 Å². The van der Waals surface area contributed by atoms with E-state index in [1.54, 1.807) is 0 Å². The number of carbonyl (C=O) groups excluding carboxylic acids is 2. The van der Waals surface area contributed by atoms with Gasteiger partial charge in [0, 0.05) is 18.7 Å². The second-order valence-corrected chi connectivity index (χ2v) is 5.39. The van der Waals surface area contributed by atoms with Crippen LogP contribution in [0.15, 0.2) is 24.3 Å². The van der Waals surface area contributed by atoms with Crippen molar-refractivity contribution in [3.05, 3.63) is 35.4 Å². The van der Waals surface area contributed by atoms with Crippen molar-refractivity contribution in [2.24, 2.45) is 0 Å². The third-order valence-corrected chi connectivity index (χ3v) is 3.96. The van der Waals surface area contributed by atoms with Crippen LogP contribution in [0.1, 0.15) is 18.1 Å². The van der Waals surface area contributed by atoms with Crippen LogP contribution in [0.5, 0.6) is 0 Å². The maximum Gasteiger partial charge on any atom is 0.324 e. The zero-order valence-corrected chi connectivity index (χ0v) is 12.3. The number of nitrogens with one attached hydrogen (secondary N) is 2. The number of nitrogens with zero attached hydrogens (tertiary/aromatic N) is 1. The average molecular weight is 276 g/mol. The molecule has 1 unspecified atom stereocenters. The van der Waals surface area contributed by atoms with Crippen LogP contribution in [0.25, 0.3) is 0 Å². The number of quaternary nitrogens is 1. The number of benzene rings is 1. The molecule has 1 aromatic rings. The van der Waals surface area contributed by atoms with Gasteiger partial charge in [-0.25, -0.2) is 4.79 Å². The predicted octanol–water partition coefficient (Wildman–Crippen LogP) is -0.0500. The molecule has 1 aliphatic heterocycles. The fourth-order valence-corrected chi connectivity index (χ4v) is 2.39. The van der Waals surface area contributed by atoms with Crippen LogP contribution in [-0.2, 0) is 11.3 Å². The Labute approximate surface area is 119 Å². The molecule has 5 heteroatoms. The van der Waals surface area contributed by atoms with Crippen molar-refractivity contribution < 1.29 is 14.5 Å². The molecule has 2 atom stereocenters. The van der Waals surface area contributed by atoms with Gasteiger partial charge in [-0.05, 0) is 19.4 Å². The van der Waals surface area contributed by atoms with Gasteiger partial charge < -0.3 is 10.2 Å². The number of carbonyl (C=O) groups is 2. The van der Waals surface area contributed by atoms with Gasteiger partial charge >= 0.3 is 6.03 Å². The number of rotatable bonds is 4. The molecule has 2 N–H and O–H groups in total. The van der Waals surface area contributed by atoms with E-state index >= 15 is 0 Å². The molecule has 1 aliphatic rings. The van der Waals surface area contributed by atoms with Crippen molar-refractivity contribution >= 4 is 11.9 Å². The highest BCUT2D eigenvalue weighted by Crippen LogP contribution is 2.05. The highest BCUT2D eigenvalue weighted by molar-refractivity contribution is 5.97. The van der Waals surface area contributed by atoms with Crippen LogP contribution >= 0.6 is 0 Å². The highest BCUT2D eigenvalue weighted by atomic mass is 16.2. The van der Waals surface area contributed by atoms with Gasteiger partial charge in [-0.2, -0.15) is 0 Å². The lowest BCUT2D eigenvalue weighted by Gasteiger charge is -2.24. The first-order chi connectivity index (χ1) is 9.50. The molecule has 0 bridgehead atoms. The molecule has 0 saturated carbocycles. The summed E-state index contributed by atoms with van der Waals surface area (Å²) in [6.45, 7) is 5.74. The molecule has 5 nitrogen and oxygen atoms in total. The van der Waals surface area contributed by atoms with Crippen LogP contribution < -0.4 is 10.2 Å². The van der Waals surface area contributed by atoms with Crippen molar-refractivity contribution in [2.75, 3.05) is 20.1 Å². The van der Waals surface area contributed by atoms with Gasteiger partial charge in [0.15, 0.2) is 6.04 Å². The summed E-state index contributed by atoms with van der Waals surface area (Å²) in [4.78, 5) is 26.3. The Morgan fingerprint density at radius 1 is 1.45 bits per heavy atom. The van der Waals surface area contributed by atoms with Gasteiger partial charge in [0.25, 0.3) is 5.91 Å². The van der Waals surface area contributed by atoms with Gasteiger partial charge in [-0.1, -0.05) is 24.3 Å². The minimum absolute atomic E-state index is 0.105. The zero-order valence-electron chi connectivity index (χ0n) is 12.3. The monoisotopic (exact) mass is 276 g/mol. The lowest BCUT2D eigenvalue weighted by atomic mass is 10.1. The first-order valence-corrected chi connectivity index (χ1v) is 6.96. The van der Waals surface area contributed by atoms with E-state index in [4.69, 9.17) is 0 Å². The molecule has 0 aromatic heterocycles. The SMILES string of the molecule is Cc1ccccc1C[NH+](C)[C@H](C)C(=O)N1CCNC1=O. The summed E-state index contributed by atoms with van der Waals surface area (Å²) < 4.78 is 0. The van der Waals surface area contributed by atoms with Crippen molar-refractivity contribution in [3.63, 3.8) is 0 Å². The normalized spacial score (nSPS) is 17.8. The van der Waals surface area contributed by atoms with Gasteiger partial charge in [-0.3, -0.25) is 9.69 Å². The van der Waals surface area contributed by atoms with E-state index in [-0.39, 0.29) is 18.0 Å². The lowest BCUT2D eigenvalue weighted by molar-refractivity contribution is -0.908. The third-order valence-electron chi connectivity index (χ3n) is 3.96. The predicted molar refractivity (Wildman–Crippen MR) is 76.3 cm³/mol. The maximum atomic E-state index is 12.3. The Morgan fingerprint density at radius 3 is 2.75 bits per heavy atom. The van der Waals surface area contributed by atoms with Crippen molar-refractivity contribution in [1.82, 2.24) is 10.2 Å². The smallest absolute Gasteiger partial charge is 0.324 e. The zero-order chi connectivity index (χ0) is 14.7. The van der Waals surface area contributed by atoms with E-state index in [2.05, 4.69) is 24.4 Å². The molecule has 1 fully saturated rings. The van der Waals surface area contributed by atoms with E-state index in [9.17, 15) is 9.59 Å². The van der Waals surface area contributed by atoms with Crippen LogP contribution in [0.2, 0.25) is 0 Å². The summed E-state index contributed by atoms with van der Waals surface area (Å²) in [5.74, 6) is -0.105. The lowest BCUT2D eigenvalue weighted by Crippen LogP contribution is -3.12. The fourth-order valence-electron chi connectivity index (χ4n) is 2.39. The third kappa shape index (κ3) is 2.99. The topological polar surface area (TPSA) is 53.9 Å². The molecule has 0 aliphatic carbocycles. The Balaban J connectivity index is 2.01. The molecule has 1 saturated heterocycles. The number of urea groups is 1. The molecule has 0 radical (unpaired) electrons. The first kappa shape index (κ1) is 14.5. The summed E-state index contributed by atoms with van der Waals surface area (Å²) in [6, 6.07) is 7.67. The van der Waals surface area contributed by atoms with Crippen LogP contribution in [0.4, 0.5) is 4.79 Å². The maximum absolute atomic E-state index is 12.3. The minimum Gasteiger partial charge on any atom is -0.336 e. The summed E-state index contributed by atoms with van der Waals surface area (Å²) in [5.41, 5.74) is 2.46. The Bertz CT molecular complexity index is 516. The van der Waals surface area contributed by atoms with E-state index in [0.29, 0.717) is 13.1 Å². The first-order valence-electron chi connectivity index (χ1n) is 6.96. The molecule has 108 valence electrons. The van der Waals surface area contributed by atoms with Crippen molar-refractivity contribution in [2.45, 2.75) is 26.4 Å². The summed E-state index contributed by atoms with van der Waals surface area (Å²) >= 11 is 0. The number of hydrogen-bond acceptors (Lipinski definition) is 2. The molecule has 1 aromatic carbocycles. The molecule has 20 heavy (non-hydrogen) atoms. The molecule has 2 rings (SSSR count). The van der Waals surface area contributed by atoms with Crippen molar-refractivity contribution in [1.29, 1.82) is 0 Å². The molecular weight excluding hydrogens is 254 g/mol. The number of likely N-dealkylation sites (N-methyl/N-ethyl adjacent to an activating group) is 1. The van der Waals surface area contributed by atoms with E-state index in [1.807, 2.05) is 26.1 Å². The van der Waals surface area contributed by atoms with Gasteiger partial charge in [-0.15, -0.1) is 0 Å². The van der Waals surface area contributed by atoms with Crippen LogP contribution in [0, 0.1) is 6.92 Å². The van der Waals surface area contributed by atoms with Gasteiger partial charge in [0.1, 0.15) is 6.54 Å². The average Bonchev–Trinajstić information content (AvgIpc) is 2.86. The number of hydrogen-bond donors (Lipinski definition) is 2. The summed E-state index contributed by atoms with van der Waals surface area (Å²) in [6.07, 6.45) is 0. The Hall–Kier alpha value is -1.88. The summed E-state index contributed by atoms with van der Waals surface area (Å²) in [7, 11) is 1.99. The molecule has 0 spiro atoms. The van der Waals surface area contributed by atoms with E-state index < -0.39 is 0 Å². The molecule has 3 amide bonds. The molecular formula is C15H22N3O2+. The molecule has 1 heterocycles. The fraction of sp³-hybridized carbons (Fsp3) is 0.467.